The minimum Gasteiger partial charge on any atom is -0.468 e. The summed E-state index contributed by atoms with van der Waals surface area (Å²) in [5.41, 5.74) is 5.55. The molecule has 0 aliphatic rings. The van der Waals surface area contributed by atoms with Crippen molar-refractivity contribution in [3.05, 3.63) is 41.2 Å². The van der Waals surface area contributed by atoms with Gasteiger partial charge in [0.2, 0.25) is 5.91 Å². The van der Waals surface area contributed by atoms with Crippen LogP contribution in [-0.4, -0.2) is 30.3 Å². The highest BCUT2D eigenvalue weighted by Gasteiger charge is 2.14. The van der Waals surface area contributed by atoms with Crippen LogP contribution >= 0.6 is 11.3 Å². The lowest BCUT2D eigenvalue weighted by Crippen LogP contribution is -2.30. The van der Waals surface area contributed by atoms with Crippen LogP contribution in [0.15, 0.2) is 34.3 Å². The lowest BCUT2D eigenvalue weighted by atomic mass is 10.3. The van der Waals surface area contributed by atoms with Crippen molar-refractivity contribution in [2.45, 2.75) is 6.54 Å². The third-order valence-corrected chi connectivity index (χ3v) is 3.43. The summed E-state index contributed by atoms with van der Waals surface area (Å²) in [6.45, 7) is 0.727. The molecule has 2 amide bonds. The summed E-state index contributed by atoms with van der Waals surface area (Å²) in [5.74, 6) is 0.0312. The predicted molar refractivity (Wildman–Crippen MR) is 76.5 cm³/mol. The summed E-state index contributed by atoms with van der Waals surface area (Å²) in [5, 5.41) is 4.88. The monoisotopic (exact) mass is 293 g/mol. The summed E-state index contributed by atoms with van der Waals surface area (Å²) in [6.07, 6.45) is 1.59. The van der Waals surface area contributed by atoms with Crippen LogP contribution in [-0.2, 0) is 11.3 Å². The van der Waals surface area contributed by atoms with E-state index in [0.717, 1.165) is 5.76 Å². The maximum absolute atomic E-state index is 11.9. The van der Waals surface area contributed by atoms with E-state index < -0.39 is 5.91 Å². The van der Waals surface area contributed by atoms with Gasteiger partial charge in [-0.1, -0.05) is 0 Å². The molecule has 0 aliphatic heterocycles. The fraction of sp³-hybridized carbons (Fsp3) is 0.231. The molecule has 2 aromatic rings. The lowest BCUT2D eigenvalue weighted by Gasteiger charge is -2.14. The Kier molecular flexibility index (Phi) is 4.54. The zero-order valence-electron chi connectivity index (χ0n) is 11.0. The molecule has 2 heterocycles. The minimum absolute atomic E-state index is 0.191. The highest BCUT2D eigenvalue weighted by atomic mass is 32.1. The van der Waals surface area contributed by atoms with Gasteiger partial charge in [-0.3, -0.25) is 14.5 Å². The van der Waals surface area contributed by atoms with Crippen molar-refractivity contribution < 1.29 is 14.0 Å². The number of thiophene rings is 1. The molecule has 7 heteroatoms. The molecule has 0 saturated heterocycles. The van der Waals surface area contributed by atoms with Crippen LogP contribution in [0.1, 0.15) is 16.1 Å². The van der Waals surface area contributed by atoms with Crippen molar-refractivity contribution in [2.75, 3.05) is 18.9 Å². The highest BCUT2D eigenvalue weighted by molar-refractivity contribution is 7.14. The molecule has 20 heavy (non-hydrogen) atoms. The van der Waals surface area contributed by atoms with E-state index in [-0.39, 0.29) is 12.5 Å². The van der Waals surface area contributed by atoms with Crippen molar-refractivity contribution in [2.24, 2.45) is 5.73 Å². The smallest absolute Gasteiger partial charge is 0.251 e. The summed E-state index contributed by atoms with van der Waals surface area (Å²) < 4.78 is 5.21. The normalized spacial score (nSPS) is 10.7. The van der Waals surface area contributed by atoms with E-state index in [9.17, 15) is 9.59 Å². The number of anilines is 1. The first-order valence-corrected chi connectivity index (χ1v) is 6.82. The van der Waals surface area contributed by atoms with Gasteiger partial charge in [0.1, 0.15) is 10.8 Å². The molecule has 0 bridgehead atoms. The Balaban J connectivity index is 1.89. The SMILES string of the molecule is CN(CC(=O)Nc1sccc1C(N)=O)Cc1ccco1. The minimum atomic E-state index is -0.550. The molecule has 0 aliphatic carbocycles. The van der Waals surface area contributed by atoms with E-state index in [2.05, 4.69) is 5.32 Å². The number of primary amides is 1. The van der Waals surface area contributed by atoms with Gasteiger partial charge in [-0.2, -0.15) is 0 Å². The van der Waals surface area contributed by atoms with E-state index in [1.807, 2.05) is 18.0 Å². The molecule has 0 fully saturated rings. The van der Waals surface area contributed by atoms with Crippen LogP contribution < -0.4 is 11.1 Å². The number of nitrogens with one attached hydrogen (secondary N) is 1. The topological polar surface area (TPSA) is 88.6 Å². The molecular weight excluding hydrogens is 278 g/mol. The van der Waals surface area contributed by atoms with Crippen molar-refractivity contribution in [3.8, 4) is 0 Å². The van der Waals surface area contributed by atoms with Gasteiger partial charge in [-0.15, -0.1) is 11.3 Å². The van der Waals surface area contributed by atoms with E-state index >= 15 is 0 Å². The molecule has 0 saturated carbocycles. The number of furan rings is 1. The highest BCUT2D eigenvalue weighted by Crippen LogP contribution is 2.22. The molecule has 6 nitrogen and oxygen atoms in total. The number of nitrogens with zero attached hydrogens (tertiary/aromatic N) is 1. The van der Waals surface area contributed by atoms with Crippen molar-refractivity contribution in [1.29, 1.82) is 0 Å². The second-order valence-corrected chi connectivity index (χ2v) is 5.24. The number of amides is 2. The molecule has 106 valence electrons. The third-order valence-electron chi connectivity index (χ3n) is 2.60. The second-order valence-electron chi connectivity index (χ2n) is 4.33. The molecule has 0 unspecified atom stereocenters. The van der Waals surface area contributed by atoms with Crippen LogP contribution in [0.25, 0.3) is 0 Å². The Labute approximate surface area is 120 Å². The molecule has 0 aromatic carbocycles. The predicted octanol–water partition coefficient (Wildman–Crippen LogP) is 1.51. The average molecular weight is 293 g/mol. The van der Waals surface area contributed by atoms with Crippen molar-refractivity contribution >= 4 is 28.2 Å². The van der Waals surface area contributed by atoms with Gasteiger partial charge < -0.3 is 15.5 Å². The quantitative estimate of drug-likeness (QED) is 0.845. The molecule has 0 atom stereocenters. The molecule has 3 N–H and O–H groups in total. The molecule has 2 rings (SSSR count). The number of likely N-dealkylation sites (N-methyl/N-ethyl adjacent to an activating group) is 1. The van der Waals surface area contributed by atoms with Gasteiger partial charge >= 0.3 is 0 Å². The van der Waals surface area contributed by atoms with Crippen molar-refractivity contribution in [1.82, 2.24) is 4.90 Å². The number of hydrogen-bond donors (Lipinski definition) is 2. The largest absolute Gasteiger partial charge is 0.468 e. The fourth-order valence-electron chi connectivity index (χ4n) is 1.74. The lowest BCUT2D eigenvalue weighted by molar-refractivity contribution is -0.117. The molecule has 2 aromatic heterocycles. The van der Waals surface area contributed by atoms with E-state index in [1.54, 1.807) is 23.8 Å². The molecular formula is C13H15N3O3S. The molecule has 0 radical (unpaired) electrons. The number of nitrogens with two attached hydrogens (primary N) is 1. The first kappa shape index (κ1) is 14.3. The fourth-order valence-corrected chi connectivity index (χ4v) is 2.54. The third kappa shape index (κ3) is 3.69. The van der Waals surface area contributed by atoms with Gasteiger partial charge in [-0.25, -0.2) is 0 Å². The van der Waals surface area contributed by atoms with Gasteiger partial charge in [0.15, 0.2) is 0 Å². The first-order chi connectivity index (χ1) is 9.56. The van der Waals surface area contributed by atoms with Gasteiger partial charge in [-0.05, 0) is 30.6 Å². The van der Waals surface area contributed by atoms with E-state index in [1.165, 1.54) is 11.3 Å². The summed E-state index contributed by atoms with van der Waals surface area (Å²) in [7, 11) is 1.81. The number of hydrogen-bond acceptors (Lipinski definition) is 5. The summed E-state index contributed by atoms with van der Waals surface area (Å²) >= 11 is 1.27. The average Bonchev–Trinajstić information content (AvgIpc) is 2.99. The van der Waals surface area contributed by atoms with Gasteiger partial charge in [0.25, 0.3) is 5.91 Å². The van der Waals surface area contributed by atoms with E-state index in [4.69, 9.17) is 10.2 Å². The maximum atomic E-state index is 11.9. The Hall–Kier alpha value is -2.12. The summed E-state index contributed by atoms with van der Waals surface area (Å²) in [4.78, 5) is 24.9. The Morgan fingerprint density at radius 3 is 2.90 bits per heavy atom. The zero-order valence-corrected chi connectivity index (χ0v) is 11.8. The zero-order chi connectivity index (χ0) is 14.5. The van der Waals surface area contributed by atoms with Crippen LogP contribution in [0.5, 0.6) is 0 Å². The molecule has 0 spiro atoms. The van der Waals surface area contributed by atoms with E-state index in [0.29, 0.717) is 17.1 Å². The van der Waals surface area contributed by atoms with Crippen LogP contribution in [0.4, 0.5) is 5.00 Å². The number of carbonyl (C=O) groups excluding carboxylic acids is 2. The Morgan fingerprint density at radius 1 is 1.45 bits per heavy atom. The Bertz CT molecular complexity index is 592. The van der Waals surface area contributed by atoms with Crippen LogP contribution in [0.2, 0.25) is 0 Å². The standard InChI is InChI=1S/C13H15N3O3S/c1-16(7-9-3-2-5-19-9)8-11(17)15-13-10(12(14)18)4-6-20-13/h2-6H,7-8H2,1H3,(H2,14,18)(H,15,17). The van der Waals surface area contributed by atoms with Gasteiger partial charge in [0, 0.05) is 0 Å². The number of carbonyl (C=O) groups is 2. The van der Waals surface area contributed by atoms with Crippen molar-refractivity contribution in [3.63, 3.8) is 0 Å². The Morgan fingerprint density at radius 2 is 2.25 bits per heavy atom. The first-order valence-electron chi connectivity index (χ1n) is 5.94. The van der Waals surface area contributed by atoms with Crippen LogP contribution in [0.3, 0.4) is 0 Å². The second kappa shape index (κ2) is 6.36. The number of rotatable bonds is 6. The van der Waals surface area contributed by atoms with Gasteiger partial charge in [0.05, 0.1) is 24.9 Å². The maximum Gasteiger partial charge on any atom is 0.251 e. The summed E-state index contributed by atoms with van der Waals surface area (Å²) in [6, 6.07) is 5.24. The van der Waals surface area contributed by atoms with Crippen LogP contribution in [0, 0.1) is 0 Å².